The number of hydrogen-bond donors (Lipinski definition) is 2. The average Bonchev–Trinajstić information content (AvgIpc) is 3.61. The molecule has 0 saturated heterocycles. The second-order valence-corrected chi connectivity index (χ2v) is 7.21. The van der Waals surface area contributed by atoms with Crippen LogP contribution in [-0.4, -0.2) is 34.5 Å². The molecule has 0 atom stereocenters. The van der Waals surface area contributed by atoms with E-state index in [0.717, 1.165) is 12.8 Å². The number of aldehydes is 1. The number of para-hydroxylation sites is 1. The van der Waals surface area contributed by atoms with E-state index in [4.69, 9.17) is 4.74 Å². The summed E-state index contributed by atoms with van der Waals surface area (Å²) in [6.07, 6.45) is 3.85. The molecule has 0 aliphatic heterocycles. The molecule has 0 unspecified atom stereocenters. The first-order valence-corrected chi connectivity index (χ1v) is 9.70. The number of rotatable bonds is 7. The topological polar surface area (TPSA) is 106 Å². The molecule has 1 fully saturated rings. The molecule has 9 heteroatoms. The van der Waals surface area contributed by atoms with Crippen molar-refractivity contribution in [2.75, 3.05) is 17.7 Å². The first-order valence-electron chi connectivity index (χ1n) is 9.70. The van der Waals surface area contributed by atoms with Gasteiger partial charge in [-0.25, -0.2) is 4.39 Å². The number of halogens is 1. The highest BCUT2D eigenvalue weighted by molar-refractivity contribution is 5.94. The predicted octanol–water partition coefficient (Wildman–Crippen LogP) is 3.90. The number of ether oxygens (including phenoxy) is 1. The van der Waals surface area contributed by atoms with Gasteiger partial charge < -0.3 is 15.4 Å². The number of hydrogen-bond acceptors (Lipinski definition) is 7. The van der Waals surface area contributed by atoms with Crippen LogP contribution < -0.4 is 15.4 Å². The lowest BCUT2D eigenvalue weighted by Crippen LogP contribution is -2.15. The van der Waals surface area contributed by atoms with E-state index in [1.165, 1.54) is 19.2 Å². The predicted molar refractivity (Wildman–Crippen MR) is 113 cm³/mol. The molecule has 1 aliphatic carbocycles. The molecule has 2 N–H and O–H groups in total. The molecule has 2 heterocycles. The van der Waals surface area contributed by atoms with Crippen molar-refractivity contribution in [2.24, 2.45) is 5.92 Å². The van der Waals surface area contributed by atoms with Crippen LogP contribution in [-0.2, 0) is 4.79 Å². The van der Waals surface area contributed by atoms with E-state index in [-0.39, 0.29) is 23.3 Å². The van der Waals surface area contributed by atoms with Gasteiger partial charge in [-0.3, -0.25) is 14.6 Å². The molecular formula is C22H20FN5O3. The fourth-order valence-electron chi connectivity index (χ4n) is 3.10. The molecule has 8 nitrogen and oxygen atoms in total. The Morgan fingerprint density at radius 1 is 1.23 bits per heavy atom. The van der Waals surface area contributed by atoms with Crippen LogP contribution in [0.5, 0.6) is 5.75 Å². The second kappa shape index (κ2) is 8.47. The van der Waals surface area contributed by atoms with E-state index in [1.807, 2.05) is 0 Å². The maximum atomic E-state index is 14.0. The van der Waals surface area contributed by atoms with Gasteiger partial charge in [0.25, 0.3) is 0 Å². The van der Waals surface area contributed by atoms with E-state index in [9.17, 15) is 14.0 Å². The molecule has 2 aromatic heterocycles. The molecule has 1 amide bonds. The molecule has 4 rings (SSSR count). The van der Waals surface area contributed by atoms with Crippen molar-refractivity contribution >= 4 is 29.4 Å². The Morgan fingerprint density at radius 3 is 2.71 bits per heavy atom. The van der Waals surface area contributed by atoms with Gasteiger partial charge >= 0.3 is 0 Å². The number of amides is 1. The number of pyridine rings is 1. The number of anilines is 3. The Morgan fingerprint density at radius 2 is 2.03 bits per heavy atom. The summed E-state index contributed by atoms with van der Waals surface area (Å²) in [5, 5.41) is 13.6. The highest BCUT2D eigenvalue weighted by atomic mass is 19.1. The minimum absolute atomic E-state index is 0.00393. The van der Waals surface area contributed by atoms with E-state index < -0.39 is 5.82 Å². The zero-order chi connectivity index (χ0) is 22.0. The Balaban J connectivity index is 1.69. The number of aryl methyl sites for hydroxylation is 1. The molecule has 158 valence electrons. The molecular weight excluding hydrogens is 401 g/mol. The molecule has 3 aromatic rings. The zero-order valence-electron chi connectivity index (χ0n) is 17.0. The maximum absolute atomic E-state index is 14.0. The number of aromatic nitrogens is 3. The first kappa shape index (κ1) is 20.4. The minimum atomic E-state index is -0.421. The van der Waals surface area contributed by atoms with Gasteiger partial charge in [-0.2, -0.15) is 0 Å². The summed E-state index contributed by atoms with van der Waals surface area (Å²) in [5.74, 6) is 0.141. The monoisotopic (exact) mass is 421 g/mol. The van der Waals surface area contributed by atoms with E-state index in [2.05, 4.69) is 25.8 Å². The lowest BCUT2D eigenvalue weighted by Gasteiger charge is -2.16. The van der Waals surface area contributed by atoms with Crippen molar-refractivity contribution in [2.45, 2.75) is 19.8 Å². The molecule has 0 spiro atoms. The highest BCUT2D eigenvalue weighted by Gasteiger charge is 2.30. The van der Waals surface area contributed by atoms with Gasteiger partial charge in [-0.15, -0.1) is 10.2 Å². The fraction of sp³-hybridized carbons (Fsp3) is 0.227. The lowest BCUT2D eigenvalue weighted by atomic mass is 10.0. The van der Waals surface area contributed by atoms with Crippen LogP contribution in [0.4, 0.5) is 21.6 Å². The number of nitrogens with one attached hydrogen (secondary N) is 2. The molecule has 1 aliphatic rings. The van der Waals surface area contributed by atoms with Crippen LogP contribution in [0.1, 0.15) is 29.0 Å². The summed E-state index contributed by atoms with van der Waals surface area (Å²) >= 11 is 0. The fourth-order valence-corrected chi connectivity index (χ4v) is 3.10. The van der Waals surface area contributed by atoms with Gasteiger partial charge in [0.1, 0.15) is 17.3 Å². The quantitative estimate of drug-likeness (QED) is 0.557. The number of nitrogens with zero attached hydrogens (tertiary/aromatic N) is 3. The average molecular weight is 421 g/mol. The zero-order valence-corrected chi connectivity index (χ0v) is 17.0. The smallest absolute Gasteiger partial charge is 0.228 e. The first-order chi connectivity index (χ1) is 15.0. The summed E-state index contributed by atoms with van der Waals surface area (Å²) in [4.78, 5) is 27.6. The third-order valence-corrected chi connectivity index (χ3v) is 4.96. The summed E-state index contributed by atoms with van der Waals surface area (Å²) in [6.45, 7) is 1.59. The number of methoxy groups -OCH3 is 1. The Kier molecular flexibility index (Phi) is 5.57. The van der Waals surface area contributed by atoms with Crippen molar-refractivity contribution < 1.29 is 18.7 Å². The largest absolute Gasteiger partial charge is 0.494 e. The highest BCUT2D eigenvalue weighted by Crippen LogP contribution is 2.38. The lowest BCUT2D eigenvalue weighted by molar-refractivity contribution is -0.117. The van der Waals surface area contributed by atoms with Crippen molar-refractivity contribution in [1.29, 1.82) is 0 Å². The van der Waals surface area contributed by atoms with Crippen LogP contribution >= 0.6 is 0 Å². The van der Waals surface area contributed by atoms with E-state index >= 15 is 0 Å². The second-order valence-electron chi connectivity index (χ2n) is 7.21. The van der Waals surface area contributed by atoms with Gasteiger partial charge in [-0.05, 0) is 31.9 Å². The Bertz CT molecular complexity index is 1160. The van der Waals surface area contributed by atoms with Gasteiger partial charge in [0.2, 0.25) is 5.91 Å². The van der Waals surface area contributed by atoms with Crippen LogP contribution in [0.3, 0.4) is 0 Å². The molecule has 31 heavy (non-hydrogen) atoms. The molecule has 1 saturated carbocycles. The van der Waals surface area contributed by atoms with Crippen molar-refractivity contribution in [3.05, 3.63) is 53.7 Å². The summed E-state index contributed by atoms with van der Waals surface area (Å²) in [5.41, 5.74) is 2.41. The molecule has 0 bridgehead atoms. The van der Waals surface area contributed by atoms with Gasteiger partial charge in [0, 0.05) is 29.3 Å². The van der Waals surface area contributed by atoms with Gasteiger partial charge in [-0.1, -0.05) is 12.1 Å². The Labute approximate surface area is 177 Å². The van der Waals surface area contributed by atoms with Crippen molar-refractivity contribution in [3.8, 4) is 16.9 Å². The number of carbonyl (C=O) groups excluding carboxylic acids is 2. The van der Waals surface area contributed by atoms with Crippen molar-refractivity contribution in [1.82, 2.24) is 15.2 Å². The minimum Gasteiger partial charge on any atom is -0.494 e. The maximum Gasteiger partial charge on any atom is 0.228 e. The van der Waals surface area contributed by atoms with Gasteiger partial charge in [0.05, 0.1) is 24.2 Å². The van der Waals surface area contributed by atoms with Gasteiger partial charge in [0.15, 0.2) is 12.1 Å². The van der Waals surface area contributed by atoms with Crippen LogP contribution in [0.25, 0.3) is 11.1 Å². The number of carbonyl (C=O) groups is 2. The molecule has 1 aromatic carbocycles. The third-order valence-electron chi connectivity index (χ3n) is 4.96. The van der Waals surface area contributed by atoms with Crippen LogP contribution in [0.15, 0.2) is 36.5 Å². The summed E-state index contributed by atoms with van der Waals surface area (Å²) in [6, 6.07) is 8.22. The van der Waals surface area contributed by atoms with E-state index in [0.29, 0.717) is 40.2 Å². The van der Waals surface area contributed by atoms with Crippen molar-refractivity contribution in [3.63, 3.8) is 0 Å². The summed E-state index contributed by atoms with van der Waals surface area (Å²) < 4.78 is 19.6. The van der Waals surface area contributed by atoms with Crippen LogP contribution in [0, 0.1) is 18.7 Å². The normalized spacial score (nSPS) is 12.9. The standard InChI is InChI=1S/C22H20FN5O3/c1-12-16(23)8-14(10-24-12)15-4-3-5-17(21(15)31-2)25-18-9-20(28-27-19(18)11-29)26-22(30)13-6-7-13/h3-5,8-11,13H,6-7H2,1-2H3,(H2,25,26,28,30). The molecule has 0 radical (unpaired) electrons. The Hall–Kier alpha value is -3.88. The van der Waals surface area contributed by atoms with E-state index in [1.54, 1.807) is 31.3 Å². The van der Waals surface area contributed by atoms with Crippen LogP contribution in [0.2, 0.25) is 0 Å². The third kappa shape index (κ3) is 4.35. The SMILES string of the molecule is COc1c(Nc2cc(NC(=O)C3CC3)nnc2C=O)cccc1-c1cnc(C)c(F)c1. The summed E-state index contributed by atoms with van der Waals surface area (Å²) in [7, 11) is 1.49. The number of benzene rings is 1.